The van der Waals surface area contributed by atoms with E-state index in [1.807, 2.05) is 0 Å². The number of hydrogen-bond acceptors (Lipinski definition) is 6. The molecule has 0 bridgehead atoms. The fourth-order valence-electron chi connectivity index (χ4n) is 1.97. The van der Waals surface area contributed by atoms with Gasteiger partial charge in [0.15, 0.2) is 0 Å². The zero-order valence-corrected chi connectivity index (χ0v) is 17.5. The van der Waals surface area contributed by atoms with Crippen molar-refractivity contribution in [3.63, 3.8) is 0 Å². The van der Waals surface area contributed by atoms with E-state index in [0.717, 1.165) is 0 Å². The molecule has 0 aromatic heterocycles. The number of amides is 3. The van der Waals surface area contributed by atoms with Crippen LogP contribution in [0.3, 0.4) is 0 Å². The summed E-state index contributed by atoms with van der Waals surface area (Å²) in [4.78, 5) is 46.2. The number of ether oxygens (including phenoxy) is 1. The van der Waals surface area contributed by atoms with E-state index in [9.17, 15) is 32.3 Å². The lowest BCUT2D eigenvalue weighted by atomic mass is 10.1. The Hall–Kier alpha value is -2.34. The Morgan fingerprint density at radius 1 is 1.07 bits per heavy atom. The van der Waals surface area contributed by atoms with Crippen molar-refractivity contribution in [2.24, 2.45) is 5.73 Å². The molecule has 0 unspecified atom stereocenters. The first-order valence-electron chi connectivity index (χ1n) is 8.89. The van der Waals surface area contributed by atoms with Gasteiger partial charge >= 0.3 is 18.1 Å². The molecule has 5 N–H and O–H groups in total. The minimum atomic E-state index is -4.94. The number of rotatable bonds is 12. The number of unbranched alkanes of at least 4 members (excludes halogenated alkanes) is 1. The van der Waals surface area contributed by atoms with Crippen LogP contribution in [-0.2, 0) is 23.9 Å². The molecule has 0 radical (unpaired) electrons. The van der Waals surface area contributed by atoms with Gasteiger partial charge in [-0.1, -0.05) is 12.7 Å². The zero-order chi connectivity index (χ0) is 22.6. The molecule has 0 saturated heterocycles. The number of carbonyl (C=O) groups excluding carboxylic acids is 4. The maximum atomic E-state index is 12.0. The van der Waals surface area contributed by atoms with Gasteiger partial charge in [-0.2, -0.15) is 13.2 Å². The molecule has 30 heavy (non-hydrogen) atoms. The van der Waals surface area contributed by atoms with E-state index in [1.54, 1.807) is 5.32 Å². The van der Waals surface area contributed by atoms with Crippen LogP contribution in [-0.4, -0.2) is 61.1 Å². The minimum absolute atomic E-state index is 0. The zero-order valence-electron chi connectivity index (χ0n) is 16.7. The number of hydrogen-bond donors (Lipinski definition) is 4. The number of alkyl halides is 3. The molecule has 0 rings (SSSR count). The predicted molar refractivity (Wildman–Crippen MR) is 105 cm³/mol. The van der Waals surface area contributed by atoms with E-state index in [1.165, 1.54) is 19.9 Å². The van der Waals surface area contributed by atoms with E-state index in [4.69, 9.17) is 10.5 Å². The fourth-order valence-corrected chi connectivity index (χ4v) is 1.97. The van der Waals surface area contributed by atoms with Crippen molar-refractivity contribution < 1.29 is 37.1 Å². The molecule has 0 aliphatic rings. The first-order chi connectivity index (χ1) is 13.4. The average molecular weight is 461 g/mol. The standard InChI is InChI=1S/C17H27F3N4O5.ClH/c1-4-9-29-15(27)11(3)24-13(25)10(2)23-14(26)12(21)7-5-6-8-22-16(28)17(18,19)20;/h4,10-12H,1,5-9,21H2,2-3H3,(H,22,28)(H,23,26)(H,24,25);1H/t10-,11-,12+;/m1./s1. The Bertz CT molecular complexity index is 604. The minimum Gasteiger partial charge on any atom is -0.460 e. The Balaban J connectivity index is 0. The van der Waals surface area contributed by atoms with Gasteiger partial charge in [0.05, 0.1) is 6.04 Å². The molecule has 13 heteroatoms. The van der Waals surface area contributed by atoms with Crippen LogP contribution < -0.4 is 21.7 Å². The van der Waals surface area contributed by atoms with Crippen molar-refractivity contribution in [1.29, 1.82) is 0 Å². The average Bonchev–Trinajstić information content (AvgIpc) is 2.64. The second kappa shape index (κ2) is 14.6. The van der Waals surface area contributed by atoms with Crippen molar-refractivity contribution in [3.05, 3.63) is 12.7 Å². The SMILES string of the molecule is C=CCOC(=O)[C@@H](C)NC(=O)[C@@H](C)NC(=O)[C@@H](N)CCCCNC(=O)C(F)(F)F.Cl. The summed E-state index contributed by atoms with van der Waals surface area (Å²) < 4.78 is 40.8. The van der Waals surface area contributed by atoms with Gasteiger partial charge < -0.3 is 26.4 Å². The molecule has 174 valence electrons. The van der Waals surface area contributed by atoms with Crippen LogP contribution >= 0.6 is 12.4 Å². The maximum Gasteiger partial charge on any atom is 0.471 e. The van der Waals surface area contributed by atoms with Gasteiger partial charge in [-0.15, -0.1) is 12.4 Å². The van der Waals surface area contributed by atoms with E-state index < -0.39 is 48.0 Å². The summed E-state index contributed by atoms with van der Waals surface area (Å²) in [6, 6.07) is -2.89. The molecular weight excluding hydrogens is 433 g/mol. The lowest BCUT2D eigenvalue weighted by Crippen LogP contribution is -2.52. The Kier molecular flexibility index (Phi) is 14.5. The monoisotopic (exact) mass is 460 g/mol. The number of esters is 1. The highest BCUT2D eigenvalue weighted by molar-refractivity contribution is 5.91. The number of nitrogens with one attached hydrogen (secondary N) is 3. The van der Waals surface area contributed by atoms with Gasteiger partial charge in [0.25, 0.3) is 0 Å². The molecule has 3 atom stereocenters. The molecule has 9 nitrogen and oxygen atoms in total. The molecule has 0 spiro atoms. The van der Waals surface area contributed by atoms with Crippen LogP contribution in [0.5, 0.6) is 0 Å². The summed E-state index contributed by atoms with van der Waals surface area (Å²) in [5, 5.41) is 6.47. The number of halogens is 4. The highest BCUT2D eigenvalue weighted by Crippen LogP contribution is 2.14. The van der Waals surface area contributed by atoms with Crippen LogP contribution in [0.1, 0.15) is 33.1 Å². The van der Waals surface area contributed by atoms with Crippen LogP contribution in [0.2, 0.25) is 0 Å². The quantitative estimate of drug-likeness (QED) is 0.188. The van der Waals surface area contributed by atoms with Crippen LogP contribution in [0.25, 0.3) is 0 Å². The predicted octanol–water partition coefficient (Wildman–Crippen LogP) is 0.323. The molecule has 0 fully saturated rings. The molecule has 0 saturated carbocycles. The van der Waals surface area contributed by atoms with Crippen molar-refractivity contribution in [2.45, 2.75) is 57.4 Å². The third-order valence-corrected chi connectivity index (χ3v) is 3.63. The summed E-state index contributed by atoms with van der Waals surface area (Å²) in [5.74, 6) is -3.94. The van der Waals surface area contributed by atoms with Gasteiger partial charge in [-0.3, -0.25) is 14.4 Å². The molecule has 3 amide bonds. The van der Waals surface area contributed by atoms with Gasteiger partial charge in [0, 0.05) is 6.54 Å². The van der Waals surface area contributed by atoms with Crippen LogP contribution in [0.15, 0.2) is 12.7 Å². The van der Waals surface area contributed by atoms with Gasteiger partial charge in [-0.25, -0.2) is 4.79 Å². The van der Waals surface area contributed by atoms with Crippen molar-refractivity contribution >= 4 is 36.1 Å². The highest BCUT2D eigenvalue weighted by atomic mass is 35.5. The lowest BCUT2D eigenvalue weighted by molar-refractivity contribution is -0.173. The normalized spacial score (nSPS) is 13.7. The lowest BCUT2D eigenvalue weighted by Gasteiger charge is -2.19. The summed E-state index contributed by atoms with van der Waals surface area (Å²) in [7, 11) is 0. The summed E-state index contributed by atoms with van der Waals surface area (Å²) in [6.07, 6.45) is -2.93. The van der Waals surface area contributed by atoms with Gasteiger partial charge in [0.1, 0.15) is 18.7 Å². The third kappa shape index (κ3) is 12.3. The molecule has 0 aliphatic carbocycles. The van der Waals surface area contributed by atoms with E-state index >= 15 is 0 Å². The van der Waals surface area contributed by atoms with E-state index in [0.29, 0.717) is 6.42 Å². The Labute approximate surface area is 178 Å². The molecule has 0 aromatic rings. The molecule has 0 aliphatic heterocycles. The van der Waals surface area contributed by atoms with Crippen molar-refractivity contribution in [3.8, 4) is 0 Å². The third-order valence-electron chi connectivity index (χ3n) is 3.63. The fraction of sp³-hybridized carbons (Fsp3) is 0.647. The van der Waals surface area contributed by atoms with E-state index in [2.05, 4.69) is 17.2 Å². The number of carbonyl (C=O) groups is 4. The molecule has 0 heterocycles. The summed E-state index contributed by atoms with van der Waals surface area (Å²) >= 11 is 0. The first kappa shape index (κ1) is 29.9. The Morgan fingerprint density at radius 2 is 1.63 bits per heavy atom. The smallest absolute Gasteiger partial charge is 0.460 e. The van der Waals surface area contributed by atoms with Gasteiger partial charge in [0.2, 0.25) is 11.8 Å². The van der Waals surface area contributed by atoms with Crippen LogP contribution in [0, 0.1) is 0 Å². The van der Waals surface area contributed by atoms with E-state index in [-0.39, 0.29) is 38.4 Å². The second-order valence-corrected chi connectivity index (χ2v) is 6.24. The maximum absolute atomic E-state index is 12.0. The number of nitrogens with two attached hydrogens (primary N) is 1. The van der Waals surface area contributed by atoms with Gasteiger partial charge in [-0.05, 0) is 33.1 Å². The summed E-state index contributed by atoms with van der Waals surface area (Å²) in [5.41, 5.74) is 5.69. The molecular formula is C17H28ClF3N4O5. The molecule has 0 aromatic carbocycles. The largest absolute Gasteiger partial charge is 0.471 e. The first-order valence-corrected chi connectivity index (χ1v) is 8.89. The second-order valence-electron chi connectivity index (χ2n) is 6.24. The van der Waals surface area contributed by atoms with Crippen LogP contribution in [0.4, 0.5) is 13.2 Å². The topological polar surface area (TPSA) is 140 Å². The van der Waals surface area contributed by atoms with Crippen molar-refractivity contribution in [2.75, 3.05) is 13.2 Å². The Morgan fingerprint density at radius 3 is 2.17 bits per heavy atom. The summed E-state index contributed by atoms with van der Waals surface area (Å²) in [6.45, 7) is 6.00. The van der Waals surface area contributed by atoms with Crippen molar-refractivity contribution in [1.82, 2.24) is 16.0 Å². The highest BCUT2D eigenvalue weighted by Gasteiger charge is 2.38.